The number of aryl methyl sites for hydroxylation is 2. The van der Waals surface area contributed by atoms with E-state index in [9.17, 15) is 0 Å². The predicted octanol–water partition coefficient (Wildman–Crippen LogP) is 3.97. The highest BCUT2D eigenvalue weighted by Crippen LogP contribution is 2.28. The van der Waals surface area contributed by atoms with Crippen LogP contribution in [0.1, 0.15) is 5.82 Å². The second-order valence-corrected chi connectivity index (χ2v) is 5.69. The molecule has 3 N–H and O–H groups in total. The third kappa shape index (κ3) is 2.25. The summed E-state index contributed by atoms with van der Waals surface area (Å²) in [4.78, 5) is 4.54. The van der Waals surface area contributed by atoms with Gasteiger partial charge in [0.15, 0.2) is 0 Å². The fourth-order valence-electron chi connectivity index (χ4n) is 2.20. The number of nitrogens with one attached hydrogen (secondary N) is 1. The fourth-order valence-corrected chi connectivity index (χ4v) is 2.58. The zero-order valence-corrected chi connectivity index (χ0v) is 12.9. The van der Waals surface area contributed by atoms with Gasteiger partial charge in [-0.1, -0.05) is 15.9 Å². The largest absolute Gasteiger partial charge is 0.397 e. The van der Waals surface area contributed by atoms with E-state index in [4.69, 9.17) is 5.73 Å². The Bertz CT molecular complexity index is 792. The lowest BCUT2D eigenvalue weighted by Crippen LogP contribution is -1.96. The van der Waals surface area contributed by atoms with Crippen LogP contribution < -0.4 is 11.1 Å². The molecule has 5 heteroatoms. The second-order valence-electron chi connectivity index (χ2n) is 4.78. The highest BCUT2D eigenvalue weighted by Gasteiger charge is 2.06. The van der Waals surface area contributed by atoms with E-state index in [0.717, 1.165) is 32.7 Å². The number of halogens is 1. The first-order valence-electron chi connectivity index (χ1n) is 6.30. The summed E-state index contributed by atoms with van der Waals surface area (Å²) in [6.45, 7) is 2.00. The summed E-state index contributed by atoms with van der Waals surface area (Å²) in [6.07, 6.45) is 0. The number of fused-ring (bicyclic) bond motifs is 1. The van der Waals surface area contributed by atoms with Crippen molar-refractivity contribution in [2.24, 2.45) is 7.05 Å². The Hall–Kier alpha value is -2.01. The molecule has 0 saturated heterocycles. The molecule has 2 aromatic carbocycles. The molecule has 0 fully saturated rings. The summed E-state index contributed by atoms with van der Waals surface area (Å²) in [5.41, 5.74) is 10.7. The Balaban J connectivity index is 1.98. The molecule has 0 radical (unpaired) electrons. The topological polar surface area (TPSA) is 55.9 Å². The Morgan fingerprint density at radius 2 is 2.00 bits per heavy atom. The van der Waals surface area contributed by atoms with E-state index in [0.29, 0.717) is 5.69 Å². The molecule has 0 spiro atoms. The van der Waals surface area contributed by atoms with E-state index in [1.807, 2.05) is 44.3 Å². The van der Waals surface area contributed by atoms with Gasteiger partial charge in [0.25, 0.3) is 0 Å². The van der Waals surface area contributed by atoms with Crippen LogP contribution in [0.25, 0.3) is 11.0 Å². The molecule has 102 valence electrons. The van der Waals surface area contributed by atoms with Crippen molar-refractivity contribution in [1.82, 2.24) is 9.55 Å². The van der Waals surface area contributed by atoms with E-state index < -0.39 is 0 Å². The molecule has 0 aliphatic heterocycles. The number of nitrogens with zero attached hydrogens (tertiary/aromatic N) is 2. The molecule has 0 unspecified atom stereocenters. The van der Waals surface area contributed by atoms with Gasteiger partial charge in [-0.15, -0.1) is 0 Å². The first-order valence-corrected chi connectivity index (χ1v) is 7.09. The quantitative estimate of drug-likeness (QED) is 0.699. The van der Waals surface area contributed by atoms with Crippen LogP contribution in [-0.4, -0.2) is 9.55 Å². The lowest BCUT2D eigenvalue weighted by Gasteiger charge is -2.09. The molecule has 3 rings (SSSR count). The van der Waals surface area contributed by atoms with Gasteiger partial charge in [-0.3, -0.25) is 0 Å². The number of nitrogen functional groups attached to an aromatic ring is 1. The van der Waals surface area contributed by atoms with E-state index in [1.165, 1.54) is 0 Å². The maximum Gasteiger partial charge on any atom is 0.106 e. The van der Waals surface area contributed by atoms with Crippen LogP contribution >= 0.6 is 15.9 Å². The SMILES string of the molecule is Cc1nc2cc(Nc3ccc(Br)cc3N)ccc2n1C. The van der Waals surface area contributed by atoms with Crippen LogP contribution in [-0.2, 0) is 7.05 Å². The maximum atomic E-state index is 6.00. The van der Waals surface area contributed by atoms with E-state index in [-0.39, 0.29) is 0 Å². The van der Waals surface area contributed by atoms with Gasteiger partial charge in [-0.25, -0.2) is 4.98 Å². The predicted molar refractivity (Wildman–Crippen MR) is 87.3 cm³/mol. The van der Waals surface area contributed by atoms with Crippen LogP contribution in [0.2, 0.25) is 0 Å². The summed E-state index contributed by atoms with van der Waals surface area (Å²) < 4.78 is 3.05. The van der Waals surface area contributed by atoms with Crippen molar-refractivity contribution in [1.29, 1.82) is 0 Å². The molecule has 0 atom stereocenters. The molecule has 0 aliphatic rings. The average Bonchev–Trinajstić information content (AvgIpc) is 2.68. The number of aromatic nitrogens is 2. The van der Waals surface area contributed by atoms with Gasteiger partial charge >= 0.3 is 0 Å². The van der Waals surface area contributed by atoms with Crippen molar-refractivity contribution in [2.75, 3.05) is 11.1 Å². The Labute approximate surface area is 125 Å². The second kappa shape index (κ2) is 4.83. The molecule has 0 aliphatic carbocycles. The molecule has 4 nitrogen and oxygen atoms in total. The number of rotatable bonds is 2. The van der Waals surface area contributed by atoms with E-state index >= 15 is 0 Å². The third-order valence-corrected chi connectivity index (χ3v) is 3.89. The maximum absolute atomic E-state index is 6.00. The van der Waals surface area contributed by atoms with Crippen molar-refractivity contribution in [3.8, 4) is 0 Å². The molecule has 0 saturated carbocycles. The highest BCUT2D eigenvalue weighted by molar-refractivity contribution is 9.10. The van der Waals surface area contributed by atoms with Crippen molar-refractivity contribution in [3.05, 3.63) is 46.7 Å². The van der Waals surface area contributed by atoms with Gasteiger partial charge in [0.05, 0.1) is 22.4 Å². The molecular formula is C15H15BrN4. The van der Waals surface area contributed by atoms with Crippen molar-refractivity contribution in [3.63, 3.8) is 0 Å². The number of hydrogen-bond acceptors (Lipinski definition) is 3. The van der Waals surface area contributed by atoms with Crippen molar-refractivity contribution < 1.29 is 0 Å². The highest BCUT2D eigenvalue weighted by atomic mass is 79.9. The number of benzene rings is 2. The van der Waals surface area contributed by atoms with Gasteiger partial charge in [0, 0.05) is 17.2 Å². The molecular weight excluding hydrogens is 316 g/mol. The lowest BCUT2D eigenvalue weighted by molar-refractivity contribution is 0.886. The molecule has 1 heterocycles. The van der Waals surface area contributed by atoms with Gasteiger partial charge < -0.3 is 15.6 Å². The Kier molecular flexibility index (Phi) is 3.14. The minimum absolute atomic E-state index is 0.705. The van der Waals surface area contributed by atoms with Crippen LogP contribution in [0.4, 0.5) is 17.1 Å². The Morgan fingerprint density at radius 1 is 1.20 bits per heavy atom. The first kappa shape index (κ1) is 13.0. The van der Waals surface area contributed by atoms with Gasteiger partial charge in [-0.2, -0.15) is 0 Å². The number of nitrogens with two attached hydrogens (primary N) is 1. The zero-order valence-electron chi connectivity index (χ0n) is 11.3. The van der Waals surface area contributed by atoms with Crippen molar-refractivity contribution >= 4 is 44.0 Å². The van der Waals surface area contributed by atoms with Crippen LogP contribution in [0, 0.1) is 6.92 Å². The zero-order chi connectivity index (χ0) is 14.3. The standard InChI is InChI=1S/C15H15BrN4/c1-9-18-14-8-11(4-6-15(14)20(9)2)19-13-5-3-10(16)7-12(13)17/h3-8,19H,17H2,1-2H3. The molecule has 1 aromatic heterocycles. The average molecular weight is 331 g/mol. The Morgan fingerprint density at radius 3 is 2.75 bits per heavy atom. The molecule has 0 amide bonds. The monoisotopic (exact) mass is 330 g/mol. The first-order chi connectivity index (χ1) is 9.54. The van der Waals surface area contributed by atoms with Gasteiger partial charge in [0.1, 0.15) is 5.82 Å². The fraction of sp³-hybridized carbons (Fsp3) is 0.133. The summed E-state index contributed by atoms with van der Waals surface area (Å²) in [5, 5.41) is 3.33. The van der Waals surface area contributed by atoms with Crippen molar-refractivity contribution in [2.45, 2.75) is 6.92 Å². The van der Waals surface area contributed by atoms with Crippen LogP contribution in [0.15, 0.2) is 40.9 Å². The molecule has 3 aromatic rings. The normalized spacial score (nSPS) is 10.9. The number of hydrogen-bond donors (Lipinski definition) is 2. The van der Waals surface area contributed by atoms with Gasteiger partial charge in [0.2, 0.25) is 0 Å². The molecule has 20 heavy (non-hydrogen) atoms. The van der Waals surface area contributed by atoms with Crippen LogP contribution in [0.5, 0.6) is 0 Å². The minimum Gasteiger partial charge on any atom is -0.397 e. The lowest BCUT2D eigenvalue weighted by atomic mass is 10.2. The van der Waals surface area contributed by atoms with Crippen LogP contribution in [0.3, 0.4) is 0 Å². The third-order valence-electron chi connectivity index (χ3n) is 3.40. The van der Waals surface area contributed by atoms with Gasteiger partial charge in [-0.05, 0) is 43.3 Å². The minimum atomic E-state index is 0.705. The summed E-state index contributed by atoms with van der Waals surface area (Å²) in [7, 11) is 2.02. The summed E-state index contributed by atoms with van der Waals surface area (Å²) in [5.74, 6) is 1.00. The molecule has 0 bridgehead atoms. The summed E-state index contributed by atoms with van der Waals surface area (Å²) >= 11 is 3.40. The van der Waals surface area contributed by atoms with E-state index in [1.54, 1.807) is 0 Å². The summed E-state index contributed by atoms with van der Waals surface area (Å²) in [6, 6.07) is 11.9. The number of imidazole rings is 1. The number of anilines is 3. The van der Waals surface area contributed by atoms with E-state index in [2.05, 4.69) is 36.9 Å². The smallest absolute Gasteiger partial charge is 0.106 e.